The first-order valence-electron chi connectivity index (χ1n) is 5.21. The van der Waals surface area contributed by atoms with Crippen LogP contribution in [0.3, 0.4) is 0 Å². The summed E-state index contributed by atoms with van der Waals surface area (Å²) in [6.07, 6.45) is 0.645. The smallest absolute Gasteiger partial charge is 0.249 e. The number of carbonyl (C=O) groups is 2. The predicted molar refractivity (Wildman–Crippen MR) is 59.5 cm³/mol. The number of nitrogens with one attached hydrogen (secondary N) is 1. The second-order valence-electron chi connectivity index (χ2n) is 4.44. The molecule has 1 amide bonds. The van der Waals surface area contributed by atoms with Gasteiger partial charge in [0.2, 0.25) is 5.91 Å². The summed E-state index contributed by atoms with van der Waals surface area (Å²) < 4.78 is 0. The Hall–Kier alpha value is -0.940. The van der Waals surface area contributed by atoms with E-state index in [4.69, 9.17) is 5.11 Å². The van der Waals surface area contributed by atoms with Crippen LogP contribution in [0, 0.1) is 11.8 Å². The average molecular weight is 230 g/mol. The van der Waals surface area contributed by atoms with Crippen LogP contribution in [0.5, 0.6) is 0 Å². The third kappa shape index (κ3) is 5.23. The number of aliphatic hydroxyl groups is 2. The van der Waals surface area contributed by atoms with E-state index in [0.717, 1.165) is 0 Å². The summed E-state index contributed by atoms with van der Waals surface area (Å²) in [4.78, 5) is 22.0. The van der Waals surface area contributed by atoms with Crippen LogP contribution in [-0.4, -0.2) is 41.2 Å². The van der Waals surface area contributed by atoms with Crippen molar-refractivity contribution in [2.45, 2.75) is 33.3 Å². The summed E-state index contributed by atoms with van der Waals surface area (Å²) in [6, 6.07) is 0. The van der Waals surface area contributed by atoms with E-state index >= 15 is 0 Å². The second kappa shape index (κ2) is 6.60. The van der Waals surface area contributed by atoms with Crippen molar-refractivity contribution in [3.8, 4) is 0 Å². The molecule has 1 unspecified atom stereocenters. The molecule has 0 saturated heterocycles. The van der Waals surface area contributed by atoms with E-state index in [9.17, 15) is 14.7 Å². The highest BCUT2D eigenvalue weighted by molar-refractivity contribution is 5.84. The van der Waals surface area contributed by atoms with Crippen LogP contribution in [0.2, 0.25) is 0 Å². The Kier molecular flexibility index (Phi) is 6.21. The van der Waals surface area contributed by atoms with Gasteiger partial charge in [0.05, 0.1) is 6.61 Å². The van der Waals surface area contributed by atoms with E-state index in [1.54, 1.807) is 13.8 Å². The largest absolute Gasteiger partial charge is 0.396 e. The monoisotopic (exact) mass is 230 g/mol. The lowest BCUT2D eigenvalue weighted by Gasteiger charge is -2.27. The lowest BCUT2D eigenvalue weighted by Crippen LogP contribution is -2.45. The molecular formula is C11H20NO4. The maximum atomic E-state index is 11.4. The van der Waals surface area contributed by atoms with Gasteiger partial charge < -0.3 is 15.5 Å². The number of ketones is 1. The van der Waals surface area contributed by atoms with Gasteiger partial charge in [-0.1, -0.05) is 13.8 Å². The van der Waals surface area contributed by atoms with E-state index in [-0.39, 0.29) is 12.4 Å². The first kappa shape index (κ1) is 15.1. The van der Waals surface area contributed by atoms with Crippen molar-refractivity contribution in [3.05, 3.63) is 6.42 Å². The number of rotatable bonds is 7. The second-order valence-corrected chi connectivity index (χ2v) is 4.44. The fraction of sp³-hybridized carbons (Fsp3) is 0.727. The molecule has 0 aliphatic rings. The molecule has 0 heterocycles. The first-order valence-corrected chi connectivity index (χ1v) is 5.21. The summed E-state index contributed by atoms with van der Waals surface area (Å²) >= 11 is 0. The molecule has 0 saturated carbocycles. The summed E-state index contributed by atoms with van der Waals surface area (Å²) in [5, 5.41) is 21.1. The van der Waals surface area contributed by atoms with Gasteiger partial charge in [0.1, 0.15) is 11.9 Å². The molecule has 5 heteroatoms. The van der Waals surface area contributed by atoms with Gasteiger partial charge in [0.25, 0.3) is 0 Å². The van der Waals surface area contributed by atoms with E-state index < -0.39 is 17.4 Å². The summed E-state index contributed by atoms with van der Waals surface area (Å²) in [5.41, 5.74) is -0.867. The lowest BCUT2D eigenvalue weighted by atomic mass is 9.87. The van der Waals surface area contributed by atoms with Crippen molar-refractivity contribution in [1.82, 2.24) is 5.32 Å². The highest BCUT2D eigenvalue weighted by Gasteiger charge is 2.32. The zero-order valence-corrected chi connectivity index (χ0v) is 9.99. The minimum atomic E-state index is -1.25. The van der Waals surface area contributed by atoms with Crippen molar-refractivity contribution < 1.29 is 19.8 Å². The molecule has 3 N–H and O–H groups in total. The molecule has 93 valence electrons. The van der Waals surface area contributed by atoms with Gasteiger partial charge in [-0.05, 0) is 13.3 Å². The molecule has 0 aromatic rings. The van der Waals surface area contributed by atoms with Crippen molar-refractivity contribution in [1.29, 1.82) is 0 Å². The zero-order valence-electron chi connectivity index (χ0n) is 9.99. The van der Waals surface area contributed by atoms with E-state index in [0.29, 0.717) is 13.0 Å². The average Bonchev–Trinajstić information content (AvgIpc) is 2.22. The zero-order chi connectivity index (χ0) is 12.8. The van der Waals surface area contributed by atoms with Crippen molar-refractivity contribution >= 4 is 11.7 Å². The van der Waals surface area contributed by atoms with Gasteiger partial charge in [0.15, 0.2) is 0 Å². The van der Waals surface area contributed by atoms with Crippen LogP contribution in [0.4, 0.5) is 0 Å². The van der Waals surface area contributed by atoms with Gasteiger partial charge in [0, 0.05) is 18.4 Å². The number of aliphatic hydroxyl groups excluding tert-OH is 2. The van der Waals surface area contributed by atoms with Crippen LogP contribution >= 0.6 is 0 Å². The molecule has 16 heavy (non-hydrogen) atoms. The Bertz CT molecular complexity index is 250. The third-order valence-corrected chi connectivity index (χ3v) is 2.27. The number of Topliss-reactive ketones (excluding diaryl/α,β-unsaturated/α-hetero) is 1. The molecule has 0 fully saturated rings. The normalized spacial score (nSPS) is 13.3. The third-order valence-electron chi connectivity index (χ3n) is 2.27. The van der Waals surface area contributed by atoms with Gasteiger partial charge in [-0.2, -0.15) is 0 Å². The van der Waals surface area contributed by atoms with Crippen molar-refractivity contribution in [2.24, 2.45) is 5.41 Å². The molecular weight excluding hydrogens is 210 g/mol. The minimum Gasteiger partial charge on any atom is -0.396 e. The highest BCUT2D eigenvalue weighted by atomic mass is 16.3. The Morgan fingerprint density at radius 1 is 1.44 bits per heavy atom. The summed E-state index contributed by atoms with van der Waals surface area (Å²) in [5.74, 6) is -0.582. The van der Waals surface area contributed by atoms with E-state index in [1.165, 1.54) is 13.3 Å². The molecule has 1 radical (unpaired) electrons. The van der Waals surface area contributed by atoms with E-state index in [1.807, 2.05) is 0 Å². The lowest BCUT2D eigenvalue weighted by molar-refractivity contribution is -0.137. The quantitative estimate of drug-likeness (QED) is 0.522. The Morgan fingerprint density at radius 2 is 2.00 bits per heavy atom. The van der Waals surface area contributed by atoms with Gasteiger partial charge in [-0.3, -0.25) is 9.59 Å². The number of hydrogen-bond acceptors (Lipinski definition) is 4. The van der Waals surface area contributed by atoms with Gasteiger partial charge in [-0.15, -0.1) is 0 Å². The first-order chi connectivity index (χ1) is 7.31. The predicted octanol–water partition coefficient (Wildman–Crippen LogP) is -0.335. The molecule has 1 atom stereocenters. The van der Waals surface area contributed by atoms with Crippen LogP contribution in [0.15, 0.2) is 0 Å². The minimum absolute atomic E-state index is 0.0505. The van der Waals surface area contributed by atoms with Crippen molar-refractivity contribution in [2.75, 3.05) is 13.2 Å². The van der Waals surface area contributed by atoms with Gasteiger partial charge in [-0.25, -0.2) is 0 Å². The van der Waals surface area contributed by atoms with Crippen LogP contribution in [-0.2, 0) is 9.59 Å². The number of amides is 1. The molecule has 0 aromatic heterocycles. The summed E-state index contributed by atoms with van der Waals surface area (Å²) in [6.45, 7) is 4.65. The van der Waals surface area contributed by atoms with Gasteiger partial charge >= 0.3 is 0 Å². The number of carbonyl (C=O) groups excluding carboxylic acids is 2. The highest BCUT2D eigenvalue weighted by Crippen LogP contribution is 2.19. The maximum absolute atomic E-state index is 11.4. The topological polar surface area (TPSA) is 86.6 Å². The molecule has 0 aliphatic carbocycles. The summed E-state index contributed by atoms with van der Waals surface area (Å²) in [7, 11) is 0. The SMILES string of the molecule is CC(=O)[CH]CCNC(=O)C(O)C(C)(C)CO. The molecule has 0 bridgehead atoms. The van der Waals surface area contributed by atoms with Crippen LogP contribution in [0.25, 0.3) is 0 Å². The number of hydrogen-bond donors (Lipinski definition) is 3. The van der Waals surface area contributed by atoms with Crippen LogP contribution in [0.1, 0.15) is 27.2 Å². The Morgan fingerprint density at radius 3 is 2.44 bits per heavy atom. The fourth-order valence-electron chi connectivity index (χ4n) is 1.01. The van der Waals surface area contributed by atoms with Crippen molar-refractivity contribution in [3.63, 3.8) is 0 Å². The molecule has 0 aromatic carbocycles. The van der Waals surface area contributed by atoms with Crippen LogP contribution < -0.4 is 5.32 Å². The molecule has 0 aliphatic heterocycles. The standard InChI is InChI=1S/C11H20NO4/c1-8(14)5-4-6-12-10(16)9(15)11(2,3)7-13/h5,9,13,15H,4,6-7H2,1-3H3,(H,12,16). The fourth-order valence-corrected chi connectivity index (χ4v) is 1.01. The molecule has 0 rings (SSSR count). The van der Waals surface area contributed by atoms with E-state index in [2.05, 4.69) is 5.32 Å². The Labute approximate surface area is 95.9 Å². The molecule has 0 spiro atoms. The maximum Gasteiger partial charge on any atom is 0.249 e. The Balaban J connectivity index is 3.93. The molecule has 5 nitrogen and oxygen atoms in total.